The van der Waals surface area contributed by atoms with E-state index in [-0.39, 0.29) is 5.91 Å². The van der Waals surface area contributed by atoms with Gasteiger partial charge in [0.05, 0.1) is 0 Å². The second-order valence-corrected chi connectivity index (χ2v) is 5.55. The molecule has 0 atom stereocenters. The van der Waals surface area contributed by atoms with Crippen LogP contribution in [0.15, 0.2) is 5.16 Å². The Morgan fingerprint density at radius 1 is 1.35 bits per heavy atom. The molecular weight excluding hydrogens is 274 g/mol. The van der Waals surface area contributed by atoms with E-state index in [0.717, 1.165) is 42.8 Å². The summed E-state index contributed by atoms with van der Waals surface area (Å²) in [6.45, 7) is 8.82. The SMILES string of the molecule is CCN(CC)C(=O)CCCSc1nnc(C)n1CCN. The first-order valence-corrected chi connectivity index (χ1v) is 8.13. The minimum absolute atomic E-state index is 0.232. The van der Waals surface area contributed by atoms with Crippen LogP contribution in [0.2, 0.25) is 0 Å². The van der Waals surface area contributed by atoms with Crippen molar-refractivity contribution in [2.45, 2.75) is 45.3 Å². The number of carbonyl (C=O) groups excluding carboxylic acids is 1. The van der Waals surface area contributed by atoms with E-state index < -0.39 is 0 Å². The Hall–Kier alpha value is -1.08. The molecule has 0 radical (unpaired) electrons. The van der Waals surface area contributed by atoms with Crippen LogP contribution in [0, 0.1) is 6.92 Å². The Kier molecular flexibility index (Phi) is 7.61. The van der Waals surface area contributed by atoms with Crippen LogP contribution in [0.3, 0.4) is 0 Å². The van der Waals surface area contributed by atoms with Crippen molar-refractivity contribution in [3.05, 3.63) is 5.82 Å². The molecule has 0 aliphatic rings. The topological polar surface area (TPSA) is 77.0 Å². The molecule has 0 aliphatic carbocycles. The number of aryl methyl sites for hydroxylation is 1. The molecule has 20 heavy (non-hydrogen) atoms. The van der Waals surface area contributed by atoms with Crippen LogP contribution in [0.4, 0.5) is 0 Å². The summed E-state index contributed by atoms with van der Waals surface area (Å²) in [4.78, 5) is 13.7. The van der Waals surface area contributed by atoms with E-state index in [1.54, 1.807) is 11.8 Å². The number of nitrogens with zero attached hydrogens (tertiary/aromatic N) is 4. The van der Waals surface area contributed by atoms with Crippen molar-refractivity contribution >= 4 is 17.7 Å². The summed E-state index contributed by atoms with van der Waals surface area (Å²) < 4.78 is 2.02. The molecule has 6 nitrogen and oxygen atoms in total. The molecule has 0 aromatic carbocycles. The molecule has 0 saturated carbocycles. The van der Waals surface area contributed by atoms with E-state index in [9.17, 15) is 4.79 Å². The largest absolute Gasteiger partial charge is 0.343 e. The molecule has 0 saturated heterocycles. The van der Waals surface area contributed by atoms with Gasteiger partial charge in [-0.15, -0.1) is 10.2 Å². The maximum Gasteiger partial charge on any atom is 0.222 e. The Balaban J connectivity index is 2.36. The quantitative estimate of drug-likeness (QED) is 0.549. The molecule has 0 aliphatic heterocycles. The number of carbonyl (C=O) groups is 1. The molecule has 0 fully saturated rings. The zero-order chi connectivity index (χ0) is 15.0. The van der Waals surface area contributed by atoms with Gasteiger partial charge in [0.2, 0.25) is 5.91 Å². The lowest BCUT2D eigenvalue weighted by molar-refractivity contribution is -0.130. The third-order valence-electron chi connectivity index (χ3n) is 3.14. The third kappa shape index (κ3) is 4.79. The maximum atomic E-state index is 11.9. The van der Waals surface area contributed by atoms with E-state index in [1.165, 1.54) is 0 Å². The zero-order valence-corrected chi connectivity index (χ0v) is 13.4. The van der Waals surface area contributed by atoms with Crippen LogP contribution in [-0.2, 0) is 11.3 Å². The molecule has 1 aromatic rings. The molecule has 2 N–H and O–H groups in total. The van der Waals surface area contributed by atoms with Gasteiger partial charge in [-0.05, 0) is 27.2 Å². The highest BCUT2D eigenvalue weighted by Crippen LogP contribution is 2.18. The van der Waals surface area contributed by atoms with Crippen molar-refractivity contribution in [2.24, 2.45) is 5.73 Å². The second-order valence-electron chi connectivity index (χ2n) is 4.49. The van der Waals surface area contributed by atoms with Crippen molar-refractivity contribution in [3.63, 3.8) is 0 Å². The number of nitrogens with two attached hydrogens (primary N) is 1. The number of aromatic nitrogens is 3. The highest BCUT2D eigenvalue weighted by Gasteiger charge is 2.11. The van der Waals surface area contributed by atoms with E-state index in [4.69, 9.17) is 5.73 Å². The molecule has 0 bridgehead atoms. The summed E-state index contributed by atoms with van der Waals surface area (Å²) in [6, 6.07) is 0. The zero-order valence-electron chi connectivity index (χ0n) is 12.6. The standard InChI is InChI=1S/C13H25N5OS/c1-4-17(5-2)12(19)7-6-10-20-13-16-15-11(3)18(13)9-8-14/h4-10,14H2,1-3H3. The number of rotatable bonds is 9. The van der Waals surface area contributed by atoms with Gasteiger partial charge < -0.3 is 15.2 Å². The number of hydrogen-bond donors (Lipinski definition) is 1. The fraction of sp³-hybridized carbons (Fsp3) is 0.769. The lowest BCUT2D eigenvalue weighted by Crippen LogP contribution is -2.30. The lowest BCUT2D eigenvalue weighted by Gasteiger charge is -2.18. The second kappa shape index (κ2) is 8.97. The van der Waals surface area contributed by atoms with Gasteiger partial charge in [0.1, 0.15) is 5.82 Å². The summed E-state index contributed by atoms with van der Waals surface area (Å²) in [7, 11) is 0. The van der Waals surface area contributed by atoms with Gasteiger partial charge in [-0.25, -0.2) is 0 Å². The van der Waals surface area contributed by atoms with Crippen molar-refractivity contribution in [2.75, 3.05) is 25.4 Å². The molecule has 1 rings (SSSR count). The predicted octanol–water partition coefficient (Wildman–Crippen LogP) is 1.29. The van der Waals surface area contributed by atoms with Crippen LogP contribution in [0.1, 0.15) is 32.5 Å². The first-order valence-electron chi connectivity index (χ1n) is 7.14. The minimum Gasteiger partial charge on any atom is -0.343 e. The normalized spacial score (nSPS) is 10.8. The monoisotopic (exact) mass is 299 g/mol. The van der Waals surface area contributed by atoms with Crippen molar-refractivity contribution in [1.82, 2.24) is 19.7 Å². The van der Waals surface area contributed by atoms with Crippen LogP contribution < -0.4 is 5.73 Å². The smallest absolute Gasteiger partial charge is 0.222 e. The van der Waals surface area contributed by atoms with Crippen molar-refractivity contribution in [3.8, 4) is 0 Å². The van der Waals surface area contributed by atoms with Crippen molar-refractivity contribution in [1.29, 1.82) is 0 Å². The van der Waals surface area contributed by atoms with Crippen LogP contribution in [-0.4, -0.2) is 51.0 Å². The van der Waals surface area contributed by atoms with E-state index in [2.05, 4.69) is 10.2 Å². The Morgan fingerprint density at radius 3 is 2.65 bits per heavy atom. The number of thioether (sulfide) groups is 1. The number of hydrogen-bond acceptors (Lipinski definition) is 5. The van der Waals surface area contributed by atoms with Gasteiger partial charge >= 0.3 is 0 Å². The first kappa shape index (κ1) is 17.0. The first-order chi connectivity index (χ1) is 9.63. The molecular formula is C13H25N5OS. The van der Waals surface area contributed by atoms with Crippen LogP contribution in [0.5, 0.6) is 0 Å². The third-order valence-corrected chi connectivity index (χ3v) is 4.19. The summed E-state index contributed by atoms with van der Waals surface area (Å²) in [5.74, 6) is 1.99. The molecule has 1 heterocycles. The van der Waals surface area contributed by atoms with Gasteiger partial charge in [0.25, 0.3) is 0 Å². The van der Waals surface area contributed by atoms with Gasteiger partial charge in [0.15, 0.2) is 5.16 Å². The molecule has 0 spiro atoms. The predicted molar refractivity (Wildman–Crippen MR) is 81.7 cm³/mol. The lowest BCUT2D eigenvalue weighted by atomic mass is 10.3. The highest BCUT2D eigenvalue weighted by atomic mass is 32.2. The van der Waals surface area contributed by atoms with E-state index >= 15 is 0 Å². The molecule has 1 amide bonds. The summed E-state index contributed by atoms with van der Waals surface area (Å²) in [5, 5.41) is 9.10. The van der Waals surface area contributed by atoms with E-state index in [0.29, 0.717) is 13.0 Å². The average Bonchev–Trinajstić information content (AvgIpc) is 2.78. The molecule has 0 unspecified atom stereocenters. The van der Waals surface area contributed by atoms with Gasteiger partial charge in [0, 0.05) is 38.4 Å². The van der Waals surface area contributed by atoms with Crippen LogP contribution in [0.25, 0.3) is 0 Å². The van der Waals surface area contributed by atoms with E-state index in [1.807, 2.05) is 30.2 Å². The highest BCUT2D eigenvalue weighted by molar-refractivity contribution is 7.99. The summed E-state index contributed by atoms with van der Waals surface area (Å²) >= 11 is 1.64. The number of amides is 1. The van der Waals surface area contributed by atoms with Gasteiger partial charge in [-0.3, -0.25) is 4.79 Å². The Labute approximate surface area is 125 Å². The summed E-state index contributed by atoms with van der Waals surface area (Å²) in [5.41, 5.74) is 5.58. The fourth-order valence-electron chi connectivity index (χ4n) is 1.98. The molecule has 114 valence electrons. The van der Waals surface area contributed by atoms with Gasteiger partial charge in [-0.2, -0.15) is 0 Å². The maximum absolute atomic E-state index is 11.9. The average molecular weight is 299 g/mol. The van der Waals surface area contributed by atoms with Crippen molar-refractivity contribution < 1.29 is 4.79 Å². The van der Waals surface area contributed by atoms with Crippen LogP contribution >= 0.6 is 11.8 Å². The van der Waals surface area contributed by atoms with Gasteiger partial charge in [-0.1, -0.05) is 11.8 Å². The fourth-order valence-corrected chi connectivity index (χ4v) is 2.93. The summed E-state index contributed by atoms with van der Waals surface area (Å²) in [6.07, 6.45) is 1.45. The Morgan fingerprint density at radius 2 is 2.05 bits per heavy atom. The molecule has 1 aromatic heterocycles. The Bertz CT molecular complexity index is 417. The minimum atomic E-state index is 0.232. The molecule has 7 heteroatoms.